The standard InChI is InChI=1S/C30H29N5S/c1-16-33-22-9-6-17(14-24(22)34-16)20-7-8-21(29-19-5-4-18(13-19)28(20)29)26-10-11-27(36-26)25-15-32-30(35-25)23-3-2-12-31-23/h6-11,14-15,18-19,23,31H,2-5,12-13H2,1H3,(H,32,35)(H,33,34). The maximum Gasteiger partial charge on any atom is 0.123 e. The Balaban J connectivity index is 1.20. The third-order valence-electron chi connectivity index (χ3n) is 8.57. The maximum atomic E-state index is 4.70. The summed E-state index contributed by atoms with van der Waals surface area (Å²) in [6.07, 6.45) is 8.35. The van der Waals surface area contributed by atoms with Gasteiger partial charge in [0.1, 0.15) is 11.6 Å². The Morgan fingerprint density at radius 2 is 1.72 bits per heavy atom. The second-order valence-electron chi connectivity index (χ2n) is 10.7. The fourth-order valence-electron chi connectivity index (χ4n) is 6.98. The van der Waals surface area contributed by atoms with Crippen molar-refractivity contribution in [3.8, 4) is 32.1 Å². The summed E-state index contributed by atoms with van der Waals surface area (Å²) in [4.78, 5) is 18.9. The van der Waals surface area contributed by atoms with Crippen LogP contribution in [0.2, 0.25) is 0 Å². The lowest BCUT2D eigenvalue weighted by Crippen LogP contribution is -2.14. The minimum Gasteiger partial charge on any atom is -0.342 e. The molecule has 1 aliphatic heterocycles. The number of aromatic nitrogens is 4. The molecule has 5 aromatic rings. The van der Waals surface area contributed by atoms with Crippen molar-refractivity contribution in [2.45, 2.75) is 56.9 Å². The van der Waals surface area contributed by atoms with E-state index in [0.29, 0.717) is 17.9 Å². The first-order valence-corrected chi connectivity index (χ1v) is 14.1. The number of aryl methyl sites for hydroxylation is 1. The van der Waals surface area contributed by atoms with E-state index in [1.54, 1.807) is 11.1 Å². The van der Waals surface area contributed by atoms with Gasteiger partial charge in [-0.2, -0.15) is 0 Å². The number of benzene rings is 2. The van der Waals surface area contributed by atoms with Crippen LogP contribution in [-0.4, -0.2) is 26.5 Å². The van der Waals surface area contributed by atoms with E-state index in [2.05, 4.69) is 62.7 Å². The quantitative estimate of drug-likeness (QED) is 0.245. The SMILES string of the molecule is Cc1nc2ccc(-c3ccc(-c4ccc(-c5cnc(C6CCCN6)[nH]5)s4)c4c3C3CCC4C3)cc2[nH]1. The van der Waals surface area contributed by atoms with Crippen LogP contribution in [0.4, 0.5) is 0 Å². The molecule has 6 heteroatoms. The van der Waals surface area contributed by atoms with Gasteiger partial charge in [-0.1, -0.05) is 18.2 Å². The van der Waals surface area contributed by atoms with Gasteiger partial charge in [0.15, 0.2) is 0 Å². The molecule has 0 amide bonds. The van der Waals surface area contributed by atoms with E-state index < -0.39 is 0 Å². The molecule has 1 saturated carbocycles. The monoisotopic (exact) mass is 491 g/mol. The van der Waals surface area contributed by atoms with Gasteiger partial charge in [0.2, 0.25) is 0 Å². The van der Waals surface area contributed by atoms with Crippen molar-refractivity contribution in [1.82, 2.24) is 25.3 Å². The molecule has 0 spiro atoms. The molecule has 3 aromatic heterocycles. The van der Waals surface area contributed by atoms with Crippen molar-refractivity contribution in [1.29, 1.82) is 0 Å². The number of aromatic amines is 2. The molecule has 2 aromatic carbocycles. The predicted octanol–water partition coefficient (Wildman–Crippen LogP) is 7.45. The Kier molecular flexibility index (Phi) is 4.58. The summed E-state index contributed by atoms with van der Waals surface area (Å²) in [6, 6.07) is 16.4. The van der Waals surface area contributed by atoms with Crippen molar-refractivity contribution in [3.05, 3.63) is 71.4 Å². The first-order chi connectivity index (χ1) is 17.7. The lowest BCUT2D eigenvalue weighted by Gasteiger charge is -2.22. The summed E-state index contributed by atoms with van der Waals surface area (Å²) in [7, 11) is 0. The number of fused-ring (bicyclic) bond motifs is 6. The molecule has 2 fully saturated rings. The average molecular weight is 492 g/mol. The number of H-pyrrole nitrogens is 2. The smallest absolute Gasteiger partial charge is 0.123 e. The highest BCUT2D eigenvalue weighted by atomic mass is 32.1. The van der Waals surface area contributed by atoms with Crippen LogP contribution < -0.4 is 5.32 Å². The van der Waals surface area contributed by atoms with Gasteiger partial charge in [-0.3, -0.25) is 0 Å². The van der Waals surface area contributed by atoms with Crippen LogP contribution in [0, 0.1) is 6.92 Å². The van der Waals surface area contributed by atoms with E-state index in [4.69, 9.17) is 4.98 Å². The largest absolute Gasteiger partial charge is 0.342 e. The fourth-order valence-corrected chi connectivity index (χ4v) is 7.99. The summed E-state index contributed by atoms with van der Waals surface area (Å²) in [5, 5.41) is 3.55. The summed E-state index contributed by atoms with van der Waals surface area (Å²) < 4.78 is 0. The molecule has 36 heavy (non-hydrogen) atoms. The topological polar surface area (TPSA) is 69.4 Å². The number of thiophene rings is 1. The second kappa shape index (κ2) is 7.89. The van der Waals surface area contributed by atoms with Crippen LogP contribution in [0.25, 0.3) is 43.2 Å². The number of nitrogens with zero attached hydrogens (tertiary/aromatic N) is 2. The van der Waals surface area contributed by atoms with Crippen LogP contribution in [0.5, 0.6) is 0 Å². The number of imidazole rings is 2. The second-order valence-corrected chi connectivity index (χ2v) is 11.8. The van der Waals surface area contributed by atoms with Crippen LogP contribution in [0.3, 0.4) is 0 Å². The summed E-state index contributed by atoms with van der Waals surface area (Å²) in [5.74, 6) is 3.42. The van der Waals surface area contributed by atoms with Crippen molar-refractivity contribution in [2.24, 2.45) is 0 Å². The number of hydrogen-bond acceptors (Lipinski definition) is 4. The van der Waals surface area contributed by atoms with E-state index >= 15 is 0 Å². The zero-order valence-electron chi connectivity index (χ0n) is 20.4. The molecule has 2 bridgehead atoms. The van der Waals surface area contributed by atoms with Gasteiger partial charge >= 0.3 is 0 Å². The van der Waals surface area contributed by atoms with Crippen molar-refractivity contribution < 1.29 is 0 Å². The van der Waals surface area contributed by atoms with E-state index in [-0.39, 0.29) is 0 Å². The van der Waals surface area contributed by atoms with E-state index in [1.807, 2.05) is 24.5 Å². The molecule has 4 heterocycles. The van der Waals surface area contributed by atoms with Gasteiger partial charge in [0.25, 0.3) is 0 Å². The van der Waals surface area contributed by atoms with Gasteiger partial charge in [-0.05, 0) is 109 Å². The van der Waals surface area contributed by atoms with Crippen LogP contribution >= 0.6 is 11.3 Å². The lowest BCUT2D eigenvalue weighted by atomic mass is 9.83. The third-order valence-corrected chi connectivity index (χ3v) is 9.72. The Morgan fingerprint density at radius 3 is 2.58 bits per heavy atom. The first kappa shape index (κ1) is 20.9. The lowest BCUT2D eigenvalue weighted by molar-refractivity contribution is 0.613. The molecular weight excluding hydrogens is 462 g/mol. The molecule has 3 N–H and O–H groups in total. The molecule has 3 atom stereocenters. The zero-order chi connectivity index (χ0) is 23.8. The number of nitrogens with one attached hydrogen (secondary N) is 3. The Hall–Kier alpha value is -3.22. The summed E-state index contributed by atoms with van der Waals surface area (Å²) in [6.45, 7) is 3.11. The Morgan fingerprint density at radius 1 is 0.889 bits per heavy atom. The molecule has 3 unspecified atom stereocenters. The normalized spacial score (nSPS) is 22.6. The van der Waals surface area contributed by atoms with Crippen molar-refractivity contribution in [2.75, 3.05) is 6.54 Å². The van der Waals surface area contributed by atoms with Crippen LogP contribution in [-0.2, 0) is 0 Å². The highest BCUT2D eigenvalue weighted by Gasteiger charge is 2.40. The van der Waals surface area contributed by atoms with Gasteiger partial charge in [-0.25, -0.2) is 9.97 Å². The summed E-state index contributed by atoms with van der Waals surface area (Å²) in [5.41, 5.74) is 10.7. The van der Waals surface area contributed by atoms with Gasteiger partial charge in [0, 0.05) is 4.88 Å². The molecular formula is C30H29N5S. The molecule has 3 aliphatic rings. The van der Waals surface area contributed by atoms with Gasteiger partial charge in [-0.15, -0.1) is 11.3 Å². The zero-order valence-corrected chi connectivity index (χ0v) is 21.2. The van der Waals surface area contributed by atoms with Crippen molar-refractivity contribution in [3.63, 3.8) is 0 Å². The maximum absolute atomic E-state index is 4.70. The Labute approximate surface area is 214 Å². The molecule has 180 valence electrons. The first-order valence-electron chi connectivity index (χ1n) is 13.2. The molecule has 5 nitrogen and oxygen atoms in total. The minimum atomic E-state index is 0.370. The van der Waals surface area contributed by atoms with Gasteiger partial charge in [0.05, 0.1) is 33.8 Å². The molecule has 0 radical (unpaired) electrons. The minimum absolute atomic E-state index is 0.370. The Bertz CT molecular complexity index is 1620. The van der Waals surface area contributed by atoms with Gasteiger partial charge < -0.3 is 15.3 Å². The highest BCUT2D eigenvalue weighted by Crippen LogP contribution is 2.58. The predicted molar refractivity (Wildman–Crippen MR) is 146 cm³/mol. The summed E-state index contributed by atoms with van der Waals surface area (Å²) >= 11 is 1.89. The highest BCUT2D eigenvalue weighted by molar-refractivity contribution is 7.18. The molecule has 2 aliphatic carbocycles. The molecule has 1 saturated heterocycles. The van der Waals surface area contributed by atoms with E-state index in [1.165, 1.54) is 52.1 Å². The fraction of sp³-hybridized carbons (Fsp3) is 0.333. The molecule has 8 rings (SSSR count). The number of hydrogen-bond donors (Lipinski definition) is 3. The average Bonchev–Trinajstić information content (AvgIpc) is 3.73. The van der Waals surface area contributed by atoms with Crippen LogP contribution in [0.15, 0.2) is 48.7 Å². The number of rotatable bonds is 4. The third kappa shape index (κ3) is 3.17. The van der Waals surface area contributed by atoms with E-state index in [9.17, 15) is 0 Å². The van der Waals surface area contributed by atoms with E-state index in [0.717, 1.165) is 41.3 Å². The van der Waals surface area contributed by atoms with Crippen molar-refractivity contribution >= 4 is 22.4 Å². The van der Waals surface area contributed by atoms with Crippen LogP contribution in [0.1, 0.15) is 72.8 Å².